The summed E-state index contributed by atoms with van der Waals surface area (Å²) in [6, 6.07) is 3.65. The Balaban J connectivity index is 1.76. The fourth-order valence-corrected chi connectivity index (χ4v) is 1.71. The molecular weight excluding hydrogens is 208 g/mol. The molecule has 0 atom stereocenters. The molecule has 1 saturated heterocycles. The van der Waals surface area contributed by atoms with Gasteiger partial charge in [-0.05, 0) is 12.1 Å². The summed E-state index contributed by atoms with van der Waals surface area (Å²) < 4.78 is 5.17. The number of carbonyl (C=O) groups excluding carboxylic acids is 1. The van der Waals surface area contributed by atoms with Crippen molar-refractivity contribution >= 4 is 5.91 Å². The molecule has 16 heavy (non-hydrogen) atoms. The number of amides is 1. The summed E-state index contributed by atoms with van der Waals surface area (Å²) in [5.74, 6) is 0.822. The van der Waals surface area contributed by atoms with Gasteiger partial charge < -0.3 is 14.4 Å². The van der Waals surface area contributed by atoms with Gasteiger partial charge in [-0.25, -0.2) is 0 Å². The molecule has 0 aromatic carbocycles. The van der Waals surface area contributed by atoms with E-state index in [0.717, 1.165) is 5.76 Å². The first kappa shape index (κ1) is 11.2. The van der Waals surface area contributed by atoms with Crippen LogP contribution >= 0.6 is 0 Å². The molecule has 2 heterocycles. The van der Waals surface area contributed by atoms with Crippen molar-refractivity contribution in [3.05, 3.63) is 24.2 Å². The van der Waals surface area contributed by atoms with E-state index in [1.54, 1.807) is 24.3 Å². The van der Waals surface area contributed by atoms with E-state index in [9.17, 15) is 4.79 Å². The number of likely N-dealkylation sites (N-methyl/N-ethyl adjacent to an activating group) is 1. The SMILES string of the molecule is CN(Cc1ccco1)C(=O)CN1CC(O)C1. The summed E-state index contributed by atoms with van der Waals surface area (Å²) in [6.45, 7) is 2.05. The van der Waals surface area contributed by atoms with Gasteiger partial charge in [-0.1, -0.05) is 0 Å². The average molecular weight is 224 g/mol. The van der Waals surface area contributed by atoms with Crippen LogP contribution in [0.4, 0.5) is 0 Å². The van der Waals surface area contributed by atoms with Crippen LogP contribution < -0.4 is 0 Å². The van der Waals surface area contributed by atoms with E-state index in [0.29, 0.717) is 26.2 Å². The Bertz CT molecular complexity index is 344. The Labute approximate surface area is 94.2 Å². The summed E-state index contributed by atoms with van der Waals surface area (Å²) >= 11 is 0. The molecule has 1 aliphatic heterocycles. The largest absolute Gasteiger partial charge is 0.467 e. The van der Waals surface area contributed by atoms with Crippen LogP contribution in [0, 0.1) is 0 Å². The molecule has 0 unspecified atom stereocenters. The van der Waals surface area contributed by atoms with Crippen molar-refractivity contribution in [2.75, 3.05) is 26.7 Å². The number of aliphatic hydroxyl groups excluding tert-OH is 1. The lowest BCUT2D eigenvalue weighted by atomic mass is 10.2. The molecule has 0 spiro atoms. The van der Waals surface area contributed by atoms with Gasteiger partial charge in [0.05, 0.1) is 25.5 Å². The number of β-amino-alcohol motifs (C(OH)–C–C–N with tert-alkyl or cyclic N) is 1. The molecule has 1 aliphatic rings. The first-order valence-corrected chi connectivity index (χ1v) is 5.32. The zero-order valence-electron chi connectivity index (χ0n) is 9.30. The Morgan fingerprint density at radius 1 is 1.69 bits per heavy atom. The molecule has 5 nitrogen and oxygen atoms in total. The maximum Gasteiger partial charge on any atom is 0.236 e. The third kappa shape index (κ3) is 2.62. The van der Waals surface area contributed by atoms with E-state index >= 15 is 0 Å². The van der Waals surface area contributed by atoms with Gasteiger partial charge >= 0.3 is 0 Å². The van der Waals surface area contributed by atoms with Crippen LogP contribution in [-0.4, -0.2) is 53.6 Å². The van der Waals surface area contributed by atoms with Crippen molar-refractivity contribution in [3.63, 3.8) is 0 Å². The smallest absolute Gasteiger partial charge is 0.236 e. The van der Waals surface area contributed by atoms with E-state index in [4.69, 9.17) is 9.52 Å². The predicted octanol–water partition coefficient (Wildman–Crippen LogP) is -0.0855. The number of furan rings is 1. The summed E-state index contributed by atoms with van der Waals surface area (Å²) in [4.78, 5) is 15.3. The monoisotopic (exact) mass is 224 g/mol. The van der Waals surface area contributed by atoms with Crippen molar-refractivity contribution in [3.8, 4) is 0 Å². The third-order valence-electron chi connectivity index (χ3n) is 2.70. The molecule has 1 N–H and O–H groups in total. The number of hydrogen-bond acceptors (Lipinski definition) is 4. The van der Waals surface area contributed by atoms with Gasteiger partial charge in [-0.3, -0.25) is 9.69 Å². The lowest BCUT2D eigenvalue weighted by Crippen LogP contribution is -2.53. The second-order valence-corrected chi connectivity index (χ2v) is 4.18. The van der Waals surface area contributed by atoms with Crippen LogP contribution in [0.3, 0.4) is 0 Å². The molecular formula is C11H16N2O3. The maximum absolute atomic E-state index is 11.7. The fraction of sp³-hybridized carbons (Fsp3) is 0.545. The average Bonchev–Trinajstić information content (AvgIpc) is 2.68. The molecule has 1 aromatic heterocycles. The molecule has 0 radical (unpaired) electrons. The second-order valence-electron chi connectivity index (χ2n) is 4.18. The Kier molecular flexibility index (Phi) is 3.26. The van der Waals surface area contributed by atoms with Gasteiger partial charge in [0.25, 0.3) is 0 Å². The minimum absolute atomic E-state index is 0.0447. The van der Waals surface area contributed by atoms with E-state index in [-0.39, 0.29) is 12.0 Å². The molecule has 0 aliphatic carbocycles. The third-order valence-corrected chi connectivity index (χ3v) is 2.70. The molecule has 1 amide bonds. The van der Waals surface area contributed by atoms with Gasteiger partial charge in [0.15, 0.2) is 0 Å². The molecule has 1 fully saturated rings. The summed E-state index contributed by atoms with van der Waals surface area (Å²) in [5.41, 5.74) is 0. The van der Waals surface area contributed by atoms with Crippen LogP contribution in [-0.2, 0) is 11.3 Å². The van der Waals surface area contributed by atoms with E-state index in [1.165, 1.54) is 0 Å². The quantitative estimate of drug-likeness (QED) is 0.777. The summed E-state index contributed by atoms with van der Waals surface area (Å²) in [6.07, 6.45) is 1.34. The molecule has 2 rings (SSSR count). The maximum atomic E-state index is 11.7. The Morgan fingerprint density at radius 3 is 3.00 bits per heavy atom. The summed E-state index contributed by atoms with van der Waals surface area (Å²) in [5, 5.41) is 9.10. The minimum atomic E-state index is -0.261. The van der Waals surface area contributed by atoms with Crippen LogP contribution in [0.1, 0.15) is 5.76 Å². The van der Waals surface area contributed by atoms with Crippen molar-refractivity contribution in [1.29, 1.82) is 0 Å². The molecule has 0 saturated carbocycles. The van der Waals surface area contributed by atoms with E-state index in [1.807, 2.05) is 11.0 Å². The highest BCUT2D eigenvalue weighted by molar-refractivity contribution is 5.78. The van der Waals surface area contributed by atoms with Crippen LogP contribution in [0.25, 0.3) is 0 Å². The predicted molar refractivity (Wildman–Crippen MR) is 57.6 cm³/mol. The van der Waals surface area contributed by atoms with Gasteiger partial charge in [-0.2, -0.15) is 0 Å². The van der Waals surface area contributed by atoms with Crippen LogP contribution in [0.2, 0.25) is 0 Å². The minimum Gasteiger partial charge on any atom is -0.467 e. The van der Waals surface area contributed by atoms with E-state index < -0.39 is 0 Å². The van der Waals surface area contributed by atoms with Crippen LogP contribution in [0.5, 0.6) is 0 Å². The normalized spacial score (nSPS) is 17.1. The number of hydrogen-bond donors (Lipinski definition) is 1. The van der Waals surface area contributed by atoms with Crippen molar-refractivity contribution in [1.82, 2.24) is 9.80 Å². The molecule has 5 heteroatoms. The second kappa shape index (κ2) is 4.67. The first-order valence-electron chi connectivity index (χ1n) is 5.32. The number of nitrogens with zero attached hydrogens (tertiary/aromatic N) is 2. The van der Waals surface area contributed by atoms with Crippen molar-refractivity contribution < 1.29 is 14.3 Å². The highest BCUT2D eigenvalue weighted by Crippen LogP contribution is 2.08. The highest BCUT2D eigenvalue weighted by atomic mass is 16.3. The molecule has 0 bridgehead atoms. The zero-order chi connectivity index (χ0) is 11.5. The lowest BCUT2D eigenvalue weighted by Gasteiger charge is -2.35. The standard InChI is InChI=1S/C11H16N2O3/c1-12(7-10-3-2-4-16-10)11(15)8-13-5-9(14)6-13/h2-4,9,14H,5-8H2,1H3. The van der Waals surface area contributed by atoms with Crippen molar-refractivity contribution in [2.45, 2.75) is 12.6 Å². The van der Waals surface area contributed by atoms with E-state index in [2.05, 4.69) is 0 Å². The van der Waals surface area contributed by atoms with Crippen molar-refractivity contribution in [2.24, 2.45) is 0 Å². The number of carbonyl (C=O) groups is 1. The first-order chi connectivity index (χ1) is 7.65. The number of rotatable bonds is 4. The fourth-order valence-electron chi connectivity index (χ4n) is 1.71. The summed E-state index contributed by atoms with van der Waals surface area (Å²) in [7, 11) is 1.75. The number of aliphatic hydroxyl groups is 1. The van der Waals surface area contributed by atoms with Gasteiger partial charge in [0, 0.05) is 20.1 Å². The van der Waals surface area contributed by atoms with Crippen LogP contribution in [0.15, 0.2) is 22.8 Å². The lowest BCUT2D eigenvalue weighted by molar-refractivity contribution is -0.134. The molecule has 88 valence electrons. The Morgan fingerprint density at radius 2 is 2.44 bits per heavy atom. The zero-order valence-corrected chi connectivity index (χ0v) is 9.30. The Hall–Kier alpha value is -1.33. The van der Waals surface area contributed by atoms with Gasteiger partial charge in [0.1, 0.15) is 5.76 Å². The topological polar surface area (TPSA) is 56.9 Å². The highest BCUT2D eigenvalue weighted by Gasteiger charge is 2.26. The van der Waals surface area contributed by atoms with Gasteiger partial charge in [0.2, 0.25) is 5.91 Å². The molecule has 1 aromatic rings. The van der Waals surface area contributed by atoms with Gasteiger partial charge in [-0.15, -0.1) is 0 Å². The number of likely N-dealkylation sites (tertiary alicyclic amines) is 1.